The number of hydrogen-bond acceptors (Lipinski definition) is 2. The first kappa shape index (κ1) is 5.06. The zero-order chi connectivity index (χ0) is 5.49. The minimum Gasteiger partial charge on any atom is -0.253 e. The second kappa shape index (κ2) is 1.20. The van der Waals surface area contributed by atoms with Crippen LogP contribution in [0.4, 0.5) is 0 Å². The van der Waals surface area contributed by atoms with Crippen molar-refractivity contribution in [2.75, 3.05) is 13.6 Å². The van der Waals surface area contributed by atoms with Crippen molar-refractivity contribution in [1.82, 2.24) is 10.4 Å². The molecule has 0 unspecified atom stereocenters. The highest BCUT2D eigenvalue weighted by atomic mass is 15.6. The number of likely N-dealkylation sites (N-methyl/N-ethyl adjacent to an activating group) is 1. The van der Waals surface area contributed by atoms with Crippen LogP contribution in [0.2, 0.25) is 0 Å². The fourth-order valence-corrected chi connectivity index (χ4v) is 0.553. The summed E-state index contributed by atoms with van der Waals surface area (Å²) in [6.45, 7) is 5.54. The lowest BCUT2D eigenvalue weighted by Crippen LogP contribution is -2.66. The van der Waals surface area contributed by atoms with Gasteiger partial charge in [0.25, 0.3) is 0 Å². The minimum atomic E-state index is 0.403. The number of hydrogen-bond donors (Lipinski definition) is 1. The van der Waals surface area contributed by atoms with E-state index in [1.54, 1.807) is 0 Å². The van der Waals surface area contributed by atoms with E-state index in [1.807, 2.05) is 0 Å². The van der Waals surface area contributed by atoms with Crippen LogP contribution in [-0.4, -0.2) is 24.1 Å². The Morgan fingerprint density at radius 1 is 1.57 bits per heavy atom. The molecule has 0 amide bonds. The Hall–Kier alpha value is -0.0800. The van der Waals surface area contributed by atoms with Crippen LogP contribution < -0.4 is 5.43 Å². The van der Waals surface area contributed by atoms with Gasteiger partial charge in [0.05, 0.1) is 0 Å². The van der Waals surface area contributed by atoms with Gasteiger partial charge in [0.15, 0.2) is 0 Å². The summed E-state index contributed by atoms with van der Waals surface area (Å²) in [6.07, 6.45) is 0. The maximum absolute atomic E-state index is 3.13. The quantitative estimate of drug-likeness (QED) is 0.468. The van der Waals surface area contributed by atoms with Gasteiger partial charge in [-0.15, -0.1) is 0 Å². The number of nitrogens with one attached hydrogen (secondary N) is 1. The average molecular weight is 100 g/mol. The first-order valence-electron chi connectivity index (χ1n) is 2.60. The predicted molar refractivity (Wildman–Crippen MR) is 29.8 cm³/mol. The van der Waals surface area contributed by atoms with E-state index in [4.69, 9.17) is 0 Å². The lowest BCUT2D eigenvalue weighted by Gasteiger charge is -2.46. The van der Waals surface area contributed by atoms with Crippen LogP contribution in [0.3, 0.4) is 0 Å². The Morgan fingerprint density at radius 3 is 2.00 bits per heavy atom. The molecule has 2 nitrogen and oxygen atoms in total. The molecule has 0 bridgehead atoms. The normalized spacial score (nSPS) is 29.6. The van der Waals surface area contributed by atoms with Gasteiger partial charge in [0.1, 0.15) is 0 Å². The van der Waals surface area contributed by atoms with Crippen molar-refractivity contribution in [3.8, 4) is 0 Å². The van der Waals surface area contributed by atoms with Gasteiger partial charge in [-0.2, -0.15) is 0 Å². The Labute approximate surface area is 44.5 Å². The van der Waals surface area contributed by atoms with E-state index in [9.17, 15) is 0 Å². The summed E-state index contributed by atoms with van der Waals surface area (Å²) in [5.41, 5.74) is 3.53. The number of rotatable bonds is 0. The highest BCUT2D eigenvalue weighted by Crippen LogP contribution is 2.15. The van der Waals surface area contributed by atoms with Crippen LogP contribution in [0.25, 0.3) is 0 Å². The molecule has 7 heavy (non-hydrogen) atoms. The molecule has 0 spiro atoms. The van der Waals surface area contributed by atoms with Crippen molar-refractivity contribution >= 4 is 0 Å². The van der Waals surface area contributed by atoms with Crippen LogP contribution in [0.1, 0.15) is 13.8 Å². The van der Waals surface area contributed by atoms with Crippen molar-refractivity contribution in [2.45, 2.75) is 19.4 Å². The topological polar surface area (TPSA) is 15.3 Å². The van der Waals surface area contributed by atoms with E-state index in [2.05, 4.69) is 31.3 Å². The summed E-state index contributed by atoms with van der Waals surface area (Å²) < 4.78 is 0. The molecule has 0 saturated carbocycles. The molecular weight excluding hydrogens is 88.1 g/mol. The van der Waals surface area contributed by atoms with Crippen molar-refractivity contribution in [2.24, 2.45) is 0 Å². The second-order valence-electron chi connectivity index (χ2n) is 2.71. The first-order valence-corrected chi connectivity index (χ1v) is 2.60. The third-order valence-corrected chi connectivity index (χ3v) is 1.66. The minimum absolute atomic E-state index is 0.403. The van der Waals surface area contributed by atoms with Gasteiger partial charge < -0.3 is 0 Å². The SMILES string of the molecule is CN1NCC1(C)C. The van der Waals surface area contributed by atoms with E-state index in [1.165, 1.54) is 0 Å². The van der Waals surface area contributed by atoms with Crippen molar-refractivity contribution < 1.29 is 0 Å². The molecular formula is C5H12N2. The van der Waals surface area contributed by atoms with E-state index in [-0.39, 0.29) is 0 Å². The second-order valence-corrected chi connectivity index (χ2v) is 2.71. The molecule has 42 valence electrons. The third kappa shape index (κ3) is 0.640. The smallest absolute Gasteiger partial charge is 0.0433 e. The molecule has 1 aliphatic rings. The fourth-order valence-electron chi connectivity index (χ4n) is 0.553. The van der Waals surface area contributed by atoms with Gasteiger partial charge >= 0.3 is 0 Å². The molecule has 0 aromatic rings. The van der Waals surface area contributed by atoms with Crippen molar-refractivity contribution in [3.05, 3.63) is 0 Å². The number of nitrogens with zero attached hydrogens (tertiary/aromatic N) is 1. The van der Waals surface area contributed by atoms with Gasteiger partial charge in [-0.05, 0) is 13.8 Å². The summed E-state index contributed by atoms with van der Waals surface area (Å²) in [4.78, 5) is 0. The van der Waals surface area contributed by atoms with Gasteiger partial charge in [0.2, 0.25) is 0 Å². The summed E-state index contributed by atoms with van der Waals surface area (Å²) in [5.74, 6) is 0. The van der Waals surface area contributed by atoms with Crippen molar-refractivity contribution in [3.63, 3.8) is 0 Å². The molecule has 1 rings (SSSR count). The molecule has 0 radical (unpaired) electrons. The van der Waals surface area contributed by atoms with Crippen molar-refractivity contribution in [1.29, 1.82) is 0 Å². The van der Waals surface area contributed by atoms with Crippen LogP contribution in [0.5, 0.6) is 0 Å². The molecule has 0 atom stereocenters. The first-order chi connectivity index (χ1) is 3.13. The van der Waals surface area contributed by atoms with Crippen LogP contribution in [-0.2, 0) is 0 Å². The lowest BCUT2D eigenvalue weighted by atomic mass is 10.0. The summed E-state index contributed by atoms with van der Waals surface area (Å²) in [6, 6.07) is 0. The Bertz CT molecular complexity index is 78.1. The zero-order valence-electron chi connectivity index (χ0n) is 5.15. The molecule has 0 aromatic carbocycles. The van der Waals surface area contributed by atoms with E-state index in [0.29, 0.717) is 5.54 Å². The van der Waals surface area contributed by atoms with Crippen LogP contribution in [0, 0.1) is 0 Å². The van der Waals surface area contributed by atoms with Gasteiger partial charge in [-0.3, -0.25) is 5.43 Å². The standard InChI is InChI=1S/C5H12N2/c1-5(2)4-6-7(5)3/h6H,4H2,1-3H3. The molecule has 1 saturated heterocycles. The molecule has 1 aliphatic heterocycles. The van der Waals surface area contributed by atoms with E-state index in [0.717, 1.165) is 6.54 Å². The Balaban J connectivity index is 2.43. The molecule has 2 heteroatoms. The molecule has 1 fully saturated rings. The van der Waals surface area contributed by atoms with Gasteiger partial charge in [-0.1, -0.05) is 0 Å². The van der Waals surface area contributed by atoms with E-state index < -0.39 is 0 Å². The maximum atomic E-state index is 3.13. The van der Waals surface area contributed by atoms with Crippen LogP contribution >= 0.6 is 0 Å². The molecule has 0 aromatic heterocycles. The van der Waals surface area contributed by atoms with E-state index >= 15 is 0 Å². The molecule has 1 N–H and O–H groups in total. The molecule has 1 heterocycles. The summed E-state index contributed by atoms with van der Waals surface area (Å²) in [5, 5.41) is 2.12. The number of hydrazine groups is 1. The maximum Gasteiger partial charge on any atom is 0.0433 e. The fraction of sp³-hybridized carbons (Fsp3) is 1.00. The Morgan fingerprint density at radius 2 is 2.00 bits per heavy atom. The summed E-state index contributed by atoms with van der Waals surface area (Å²) >= 11 is 0. The monoisotopic (exact) mass is 100 g/mol. The lowest BCUT2D eigenvalue weighted by molar-refractivity contribution is -0.0134. The highest BCUT2D eigenvalue weighted by molar-refractivity contribution is 4.86. The Kier molecular flexibility index (Phi) is 0.869. The third-order valence-electron chi connectivity index (χ3n) is 1.66. The summed E-state index contributed by atoms with van der Waals surface area (Å²) in [7, 11) is 2.06. The van der Waals surface area contributed by atoms with Gasteiger partial charge in [-0.25, -0.2) is 5.01 Å². The molecule has 0 aliphatic carbocycles. The largest absolute Gasteiger partial charge is 0.253 e. The highest BCUT2D eigenvalue weighted by Gasteiger charge is 2.31. The van der Waals surface area contributed by atoms with Gasteiger partial charge in [0, 0.05) is 19.1 Å². The van der Waals surface area contributed by atoms with Crippen LogP contribution in [0.15, 0.2) is 0 Å². The average Bonchev–Trinajstić information content (AvgIpc) is 1.63. The zero-order valence-corrected chi connectivity index (χ0v) is 5.15. The predicted octanol–water partition coefficient (Wildman–Crippen LogP) is 0.215.